The van der Waals surface area contributed by atoms with Crippen LogP contribution in [0.15, 0.2) is 47.0 Å². The van der Waals surface area contributed by atoms with Crippen LogP contribution in [0.4, 0.5) is 5.82 Å². The fourth-order valence-corrected chi connectivity index (χ4v) is 3.56. The molecule has 0 aliphatic carbocycles. The molecule has 0 saturated carbocycles. The molecular formula is C20H19N7O2S. The van der Waals surface area contributed by atoms with Crippen molar-refractivity contribution in [3.05, 3.63) is 68.8 Å². The van der Waals surface area contributed by atoms with Crippen molar-refractivity contribution in [3.63, 3.8) is 0 Å². The van der Waals surface area contributed by atoms with Crippen molar-refractivity contribution >= 4 is 23.1 Å². The summed E-state index contributed by atoms with van der Waals surface area (Å²) in [4.78, 5) is 41.9. The molecule has 30 heavy (non-hydrogen) atoms. The number of hydrogen-bond donors (Lipinski definition) is 3. The molecule has 0 bridgehead atoms. The van der Waals surface area contributed by atoms with E-state index in [1.807, 2.05) is 19.1 Å². The van der Waals surface area contributed by atoms with Crippen molar-refractivity contribution in [2.24, 2.45) is 7.05 Å². The number of nitrogens with zero attached hydrogens (tertiary/aromatic N) is 4. The molecule has 0 atom stereocenters. The molecular weight excluding hydrogens is 402 g/mol. The first-order valence-electron chi connectivity index (χ1n) is 9.09. The minimum atomic E-state index is -0.448. The summed E-state index contributed by atoms with van der Waals surface area (Å²) in [6.45, 7) is 2.21. The Morgan fingerprint density at radius 2 is 2.10 bits per heavy atom. The van der Waals surface area contributed by atoms with Crippen LogP contribution in [0, 0.1) is 6.92 Å². The van der Waals surface area contributed by atoms with Gasteiger partial charge in [-0.05, 0) is 25.1 Å². The number of pyridine rings is 1. The van der Waals surface area contributed by atoms with Gasteiger partial charge in [0.05, 0.1) is 23.4 Å². The molecule has 0 radical (unpaired) electrons. The normalized spacial score (nSPS) is 10.9. The third-order valence-corrected chi connectivity index (χ3v) is 5.41. The van der Waals surface area contributed by atoms with Crippen LogP contribution in [0.3, 0.4) is 0 Å². The van der Waals surface area contributed by atoms with Gasteiger partial charge in [0.1, 0.15) is 11.4 Å². The number of amides is 1. The highest BCUT2D eigenvalue weighted by molar-refractivity contribution is 7.09. The maximum Gasteiger partial charge on any atom is 0.274 e. The zero-order valence-corrected chi connectivity index (χ0v) is 17.2. The Hall–Kier alpha value is -3.79. The summed E-state index contributed by atoms with van der Waals surface area (Å²) in [5.41, 5.74) is 10.7. The predicted molar refractivity (Wildman–Crippen MR) is 115 cm³/mol. The number of carbonyl (C=O) groups excluding carboxylic acids is 1. The first kappa shape index (κ1) is 19.5. The van der Waals surface area contributed by atoms with Crippen molar-refractivity contribution in [2.45, 2.75) is 13.5 Å². The molecule has 4 N–H and O–H groups in total. The number of anilines is 1. The van der Waals surface area contributed by atoms with Gasteiger partial charge < -0.3 is 20.6 Å². The number of aromatic amines is 1. The molecule has 4 heterocycles. The highest BCUT2D eigenvalue weighted by Crippen LogP contribution is 2.29. The smallest absolute Gasteiger partial charge is 0.274 e. The number of thiazole rings is 1. The topological polar surface area (TPSA) is 132 Å². The lowest BCUT2D eigenvalue weighted by Crippen LogP contribution is -2.26. The molecule has 0 fully saturated rings. The number of carbonyl (C=O) groups is 1. The highest BCUT2D eigenvalue weighted by atomic mass is 32.1. The average Bonchev–Trinajstić information content (AvgIpc) is 3.40. The molecule has 4 rings (SSSR count). The van der Waals surface area contributed by atoms with E-state index in [-0.39, 0.29) is 23.6 Å². The fraction of sp³-hybridized carbons (Fsp3) is 0.150. The maximum absolute atomic E-state index is 12.8. The van der Waals surface area contributed by atoms with E-state index in [1.165, 1.54) is 22.0 Å². The zero-order valence-electron chi connectivity index (χ0n) is 16.3. The summed E-state index contributed by atoms with van der Waals surface area (Å²) in [5, 5.41) is 2.80. The van der Waals surface area contributed by atoms with E-state index in [2.05, 4.69) is 25.3 Å². The Balaban J connectivity index is 1.76. The van der Waals surface area contributed by atoms with Gasteiger partial charge in [0, 0.05) is 35.9 Å². The van der Waals surface area contributed by atoms with Gasteiger partial charge in [0.15, 0.2) is 11.5 Å². The van der Waals surface area contributed by atoms with E-state index >= 15 is 0 Å². The summed E-state index contributed by atoms with van der Waals surface area (Å²) >= 11 is 1.51. The molecule has 0 saturated heterocycles. The summed E-state index contributed by atoms with van der Waals surface area (Å²) in [5.74, 6) is -0.433. The SMILES string of the molecule is Cc1scnc1CNC(=O)c1nc(-c2ccc(=O)n(C)c2)c(-c2ccc[nH]2)nc1N. The molecule has 1 amide bonds. The highest BCUT2D eigenvalue weighted by Gasteiger charge is 2.21. The molecule has 152 valence electrons. The first-order valence-corrected chi connectivity index (χ1v) is 9.97. The Labute approximate surface area is 175 Å². The van der Waals surface area contributed by atoms with Crippen LogP contribution >= 0.6 is 11.3 Å². The van der Waals surface area contributed by atoms with Gasteiger partial charge in [-0.3, -0.25) is 9.59 Å². The van der Waals surface area contributed by atoms with E-state index in [9.17, 15) is 9.59 Å². The summed E-state index contributed by atoms with van der Waals surface area (Å²) in [6, 6.07) is 6.75. The largest absolute Gasteiger partial charge is 0.382 e. The van der Waals surface area contributed by atoms with Crippen LogP contribution in [-0.4, -0.2) is 30.4 Å². The maximum atomic E-state index is 12.8. The number of aryl methyl sites for hydroxylation is 2. The van der Waals surface area contributed by atoms with Crippen molar-refractivity contribution in [1.82, 2.24) is 29.8 Å². The summed E-state index contributed by atoms with van der Waals surface area (Å²) in [6.07, 6.45) is 3.41. The summed E-state index contributed by atoms with van der Waals surface area (Å²) < 4.78 is 1.44. The number of aromatic nitrogens is 5. The molecule has 10 heteroatoms. The van der Waals surface area contributed by atoms with Crippen LogP contribution < -0.4 is 16.6 Å². The molecule has 0 aliphatic rings. The predicted octanol–water partition coefficient (Wildman–Crippen LogP) is 2.11. The van der Waals surface area contributed by atoms with Gasteiger partial charge in [0.25, 0.3) is 5.91 Å². The quantitative estimate of drug-likeness (QED) is 0.452. The average molecular weight is 421 g/mol. The lowest BCUT2D eigenvalue weighted by atomic mass is 10.1. The lowest BCUT2D eigenvalue weighted by Gasteiger charge is -2.13. The molecule has 0 aromatic carbocycles. The second-order valence-electron chi connectivity index (χ2n) is 6.64. The second kappa shape index (κ2) is 7.91. The Morgan fingerprint density at radius 3 is 2.77 bits per heavy atom. The molecule has 0 spiro atoms. The minimum absolute atomic E-state index is 0.0145. The van der Waals surface area contributed by atoms with Crippen LogP contribution in [0.25, 0.3) is 22.6 Å². The lowest BCUT2D eigenvalue weighted by molar-refractivity contribution is 0.0946. The van der Waals surface area contributed by atoms with E-state index in [1.54, 1.807) is 31.0 Å². The number of nitrogen functional groups attached to an aromatic ring is 1. The Kier molecular flexibility index (Phi) is 5.15. The van der Waals surface area contributed by atoms with Crippen molar-refractivity contribution in [1.29, 1.82) is 0 Å². The summed E-state index contributed by atoms with van der Waals surface area (Å²) in [7, 11) is 1.65. The van der Waals surface area contributed by atoms with Crippen LogP contribution in [0.2, 0.25) is 0 Å². The molecule has 4 aromatic rings. The van der Waals surface area contributed by atoms with E-state index < -0.39 is 5.91 Å². The number of rotatable bonds is 5. The van der Waals surface area contributed by atoms with Gasteiger partial charge in [-0.2, -0.15) is 0 Å². The van der Waals surface area contributed by atoms with Gasteiger partial charge in [-0.15, -0.1) is 11.3 Å². The van der Waals surface area contributed by atoms with Crippen LogP contribution in [0.5, 0.6) is 0 Å². The first-order chi connectivity index (χ1) is 14.4. The van der Waals surface area contributed by atoms with Gasteiger partial charge in [-0.1, -0.05) is 0 Å². The number of hydrogen-bond acceptors (Lipinski definition) is 7. The zero-order chi connectivity index (χ0) is 21.3. The molecule has 0 aliphatic heterocycles. The monoisotopic (exact) mass is 421 g/mol. The molecule has 4 aromatic heterocycles. The van der Waals surface area contributed by atoms with Crippen LogP contribution in [-0.2, 0) is 13.6 Å². The Morgan fingerprint density at radius 1 is 1.27 bits per heavy atom. The third-order valence-electron chi connectivity index (χ3n) is 4.61. The van der Waals surface area contributed by atoms with Gasteiger partial charge >= 0.3 is 0 Å². The second-order valence-corrected chi connectivity index (χ2v) is 7.70. The molecule has 0 unspecified atom stereocenters. The van der Waals surface area contributed by atoms with Gasteiger partial charge in [-0.25, -0.2) is 15.0 Å². The minimum Gasteiger partial charge on any atom is -0.382 e. The fourth-order valence-electron chi connectivity index (χ4n) is 2.96. The van der Waals surface area contributed by atoms with Crippen molar-refractivity contribution < 1.29 is 4.79 Å². The van der Waals surface area contributed by atoms with Crippen molar-refractivity contribution in [3.8, 4) is 22.6 Å². The molecule has 9 nitrogen and oxygen atoms in total. The number of nitrogens with two attached hydrogens (primary N) is 1. The number of nitrogens with one attached hydrogen (secondary N) is 2. The standard InChI is InChI=1S/C20H19N7O2S/c1-11-14(24-10-30-11)8-23-20(29)18-19(21)26-17(13-4-3-7-22-13)16(25-18)12-5-6-15(28)27(2)9-12/h3-7,9-10,22H,8H2,1-2H3,(H2,21,26)(H,23,29). The van der Waals surface area contributed by atoms with E-state index in [0.29, 0.717) is 22.6 Å². The Bertz CT molecular complexity index is 1270. The third kappa shape index (κ3) is 3.72. The van der Waals surface area contributed by atoms with E-state index in [0.717, 1.165) is 10.6 Å². The van der Waals surface area contributed by atoms with Gasteiger partial charge in [0.2, 0.25) is 5.56 Å². The van der Waals surface area contributed by atoms with Crippen LogP contribution in [0.1, 0.15) is 21.1 Å². The van der Waals surface area contributed by atoms with Crippen molar-refractivity contribution in [2.75, 3.05) is 5.73 Å². The number of H-pyrrole nitrogens is 1. The van der Waals surface area contributed by atoms with E-state index in [4.69, 9.17) is 5.73 Å².